The lowest BCUT2D eigenvalue weighted by atomic mass is 10.2. The van der Waals surface area contributed by atoms with E-state index in [1.165, 1.54) is 6.07 Å². The number of rotatable bonds is 5. The SMILES string of the molecule is Cc1cccc(S(=O)(=O)CCCS(C)(=O)=O)c1N. The Morgan fingerprint density at radius 2 is 1.72 bits per heavy atom. The number of nitrogen functional groups attached to an aromatic ring is 1. The van der Waals surface area contributed by atoms with Gasteiger partial charge >= 0.3 is 0 Å². The monoisotopic (exact) mass is 291 g/mol. The van der Waals surface area contributed by atoms with Crippen molar-refractivity contribution in [3.8, 4) is 0 Å². The molecule has 102 valence electrons. The molecule has 0 fully saturated rings. The van der Waals surface area contributed by atoms with E-state index in [1.807, 2.05) is 0 Å². The van der Waals surface area contributed by atoms with Crippen LogP contribution in [0, 0.1) is 6.92 Å². The molecule has 0 spiro atoms. The smallest absolute Gasteiger partial charge is 0.180 e. The second-order valence-corrected chi connectivity index (χ2v) is 8.63. The Labute approximate surface area is 108 Å². The van der Waals surface area contributed by atoms with Gasteiger partial charge in [-0.25, -0.2) is 16.8 Å². The van der Waals surface area contributed by atoms with Crippen molar-refractivity contribution in [1.29, 1.82) is 0 Å². The van der Waals surface area contributed by atoms with Crippen molar-refractivity contribution >= 4 is 25.4 Å². The molecule has 0 saturated carbocycles. The van der Waals surface area contributed by atoms with E-state index in [1.54, 1.807) is 19.1 Å². The minimum atomic E-state index is -3.53. The van der Waals surface area contributed by atoms with Gasteiger partial charge in [-0.3, -0.25) is 0 Å². The van der Waals surface area contributed by atoms with E-state index in [0.717, 1.165) is 6.26 Å². The van der Waals surface area contributed by atoms with E-state index >= 15 is 0 Å². The zero-order valence-electron chi connectivity index (χ0n) is 10.4. The van der Waals surface area contributed by atoms with Gasteiger partial charge in [-0.1, -0.05) is 12.1 Å². The Morgan fingerprint density at radius 1 is 1.11 bits per heavy atom. The lowest BCUT2D eigenvalue weighted by Crippen LogP contribution is -2.13. The average molecular weight is 291 g/mol. The maximum absolute atomic E-state index is 12.0. The quantitative estimate of drug-likeness (QED) is 0.809. The molecule has 18 heavy (non-hydrogen) atoms. The number of hydrogen-bond acceptors (Lipinski definition) is 5. The van der Waals surface area contributed by atoms with Gasteiger partial charge in [0.2, 0.25) is 0 Å². The third kappa shape index (κ3) is 3.99. The van der Waals surface area contributed by atoms with E-state index in [0.29, 0.717) is 5.56 Å². The Balaban J connectivity index is 2.91. The summed E-state index contributed by atoms with van der Waals surface area (Å²) in [5.74, 6) is -0.355. The number of hydrogen-bond donors (Lipinski definition) is 1. The molecule has 0 amide bonds. The van der Waals surface area contributed by atoms with Crippen LogP contribution in [0.5, 0.6) is 0 Å². The van der Waals surface area contributed by atoms with Crippen LogP contribution in [0.4, 0.5) is 5.69 Å². The van der Waals surface area contributed by atoms with Gasteiger partial charge in [0, 0.05) is 6.26 Å². The van der Waals surface area contributed by atoms with Crippen LogP contribution in [0.3, 0.4) is 0 Å². The van der Waals surface area contributed by atoms with Crippen molar-refractivity contribution in [2.75, 3.05) is 23.5 Å². The van der Waals surface area contributed by atoms with Gasteiger partial charge < -0.3 is 5.73 Å². The fraction of sp³-hybridized carbons (Fsp3) is 0.455. The number of sulfone groups is 2. The molecule has 1 rings (SSSR count). The van der Waals surface area contributed by atoms with Gasteiger partial charge in [-0.05, 0) is 25.0 Å². The lowest BCUT2D eigenvalue weighted by Gasteiger charge is -2.09. The van der Waals surface area contributed by atoms with Crippen molar-refractivity contribution in [3.63, 3.8) is 0 Å². The maximum atomic E-state index is 12.0. The van der Waals surface area contributed by atoms with E-state index in [-0.39, 0.29) is 28.5 Å². The largest absolute Gasteiger partial charge is 0.397 e. The molecule has 0 bridgehead atoms. The van der Waals surface area contributed by atoms with Crippen LogP contribution in [0.1, 0.15) is 12.0 Å². The van der Waals surface area contributed by atoms with Crippen LogP contribution in [-0.2, 0) is 19.7 Å². The third-order valence-corrected chi connectivity index (χ3v) is 5.43. The molecule has 0 radical (unpaired) electrons. The van der Waals surface area contributed by atoms with Gasteiger partial charge in [0.1, 0.15) is 9.84 Å². The summed E-state index contributed by atoms with van der Waals surface area (Å²) in [5.41, 5.74) is 6.66. The highest BCUT2D eigenvalue weighted by atomic mass is 32.2. The number of anilines is 1. The first-order valence-electron chi connectivity index (χ1n) is 5.39. The molecule has 0 aliphatic rings. The topological polar surface area (TPSA) is 94.3 Å². The van der Waals surface area contributed by atoms with Crippen molar-refractivity contribution in [2.45, 2.75) is 18.2 Å². The first kappa shape index (κ1) is 15.0. The van der Waals surface area contributed by atoms with E-state index in [9.17, 15) is 16.8 Å². The van der Waals surface area contributed by atoms with Crippen LogP contribution in [0.2, 0.25) is 0 Å². The molecule has 0 unspecified atom stereocenters. The number of aryl methyl sites for hydroxylation is 1. The van der Waals surface area contributed by atoms with Gasteiger partial charge in [-0.15, -0.1) is 0 Å². The summed E-state index contributed by atoms with van der Waals surface area (Å²) in [4.78, 5) is 0.0796. The highest BCUT2D eigenvalue weighted by Gasteiger charge is 2.18. The number of para-hydroxylation sites is 1. The van der Waals surface area contributed by atoms with Crippen LogP contribution in [-0.4, -0.2) is 34.6 Å². The van der Waals surface area contributed by atoms with Crippen LogP contribution < -0.4 is 5.73 Å². The standard InChI is InChI=1S/C11H17NO4S2/c1-9-5-3-6-10(11(9)12)18(15,16)8-4-7-17(2,13)14/h3,5-6H,4,7-8,12H2,1-2H3. The van der Waals surface area contributed by atoms with E-state index < -0.39 is 19.7 Å². The first-order valence-corrected chi connectivity index (χ1v) is 9.10. The number of nitrogens with two attached hydrogens (primary N) is 1. The Hall–Kier alpha value is -1.08. The van der Waals surface area contributed by atoms with Crippen LogP contribution in [0.15, 0.2) is 23.1 Å². The molecule has 1 aromatic rings. The zero-order valence-corrected chi connectivity index (χ0v) is 12.0. The normalized spacial score (nSPS) is 12.6. The van der Waals surface area contributed by atoms with Crippen molar-refractivity contribution < 1.29 is 16.8 Å². The van der Waals surface area contributed by atoms with Crippen molar-refractivity contribution in [1.82, 2.24) is 0 Å². The zero-order chi connectivity index (χ0) is 14.0. The summed E-state index contributed by atoms with van der Waals surface area (Å²) in [6.07, 6.45) is 1.16. The van der Waals surface area contributed by atoms with Crippen LogP contribution in [0.25, 0.3) is 0 Å². The molecule has 0 heterocycles. The van der Waals surface area contributed by atoms with E-state index in [2.05, 4.69) is 0 Å². The van der Waals surface area contributed by atoms with Gasteiger partial charge in [0.15, 0.2) is 9.84 Å². The summed E-state index contributed by atoms with van der Waals surface area (Å²) in [5, 5.41) is 0. The molecule has 2 N–H and O–H groups in total. The molecule has 0 saturated heterocycles. The molecular formula is C11H17NO4S2. The summed E-state index contributed by atoms with van der Waals surface area (Å²) in [6.45, 7) is 1.73. The van der Waals surface area contributed by atoms with Crippen molar-refractivity contribution in [2.24, 2.45) is 0 Å². The summed E-state index contributed by atoms with van der Waals surface area (Å²) < 4.78 is 45.9. The van der Waals surface area contributed by atoms with Crippen molar-refractivity contribution in [3.05, 3.63) is 23.8 Å². The van der Waals surface area contributed by atoms with Gasteiger partial charge in [0.25, 0.3) is 0 Å². The highest BCUT2D eigenvalue weighted by molar-refractivity contribution is 7.92. The molecule has 0 aliphatic heterocycles. The van der Waals surface area contributed by atoms with Gasteiger partial charge in [-0.2, -0.15) is 0 Å². The highest BCUT2D eigenvalue weighted by Crippen LogP contribution is 2.23. The van der Waals surface area contributed by atoms with Gasteiger partial charge in [0.05, 0.1) is 22.1 Å². The second-order valence-electron chi connectivity index (χ2n) is 4.29. The first-order chi connectivity index (χ1) is 8.13. The molecular weight excluding hydrogens is 274 g/mol. The maximum Gasteiger partial charge on any atom is 0.180 e. The third-order valence-electron chi connectivity index (χ3n) is 2.55. The van der Waals surface area contributed by atoms with E-state index in [4.69, 9.17) is 5.73 Å². The Morgan fingerprint density at radius 3 is 2.28 bits per heavy atom. The molecule has 7 heteroatoms. The fourth-order valence-electron chi connectivity index (χ4n) is 1.55. The molecule has 0 aromatic heterocycles. The van der Waals surface area contributed by atoms with Crippen LogP contribution >= 0.6 is 0 Å². The Bertz CT molecular complexity index is 633. The lowest BCUT2D eigenvalue weighted by molar-refractivity contribution is 0.592. The molecule has 5 nitrogen and oxygen atoms in total. The summed E-state index contributed by atoms with van der Waals surface area (Å²) in [6, 6.07) is 4.79. The fourth-order valence-corrected chi connectivity index (χ4v) is 3.92. The minimum Gasteiger partial charge on any atom is -0.397 e. The average Bonchev–Trinajstić information content (AvgIpc) is 2.19. The number of benzene rings is 1. The minimum absolute atomic E-state index is 0.0779. The predicted molar refractivity (Wildman–Crippen MR) is 72.0 cm³/mol. The molecule has 1 aromatic carbocycles. The predicted octanol–water partition coefficient (Wildman–Crippen LogP) is 0.786. The summed E-state index contributed by atoms with van der Waals surface area (Å²) in [7, 11) is -6.67. The molecule has 0 atom stereocenters. The second kappa shape index (κ2) is 5.27. The Kier molecular flexibility index (Phi) is 4.39. The summed E-state index contributed by atoms with van der Waals surface area (Å²) >= 11 is 0. The molecule has 0 aliphatic carbocycles.